The Morgan fingerprint density at radius 3 is 2.27 bits per heavy atom. The first-order chi connectivity index (χ1) is 17.9. The number of aliphatic hydroxyl groups excluding tert-OH is 1. The number of hydrogen-bond donors (Lipinski definition) is 1. The number of carbonyl (C=O) groups is 2. The minimum Gasteiger partial charge on any atom is -0.503 e. The molecule has 0 saturated carbocycles. The van der Waals surface area contributed by atoms with Crippen LogP contribution in [0.5, 0.6) is 0 Å². The van der Waals surface area contributed by atoms with Gasteiger partial charge in [0.2, 0.25) is 0 Å². The maximum Gasteiger partial charge on any atom is 0.289 e. The summed E-state index contributed by atoms with van der Waals surface area (Å²) in [4.78, 5) is 38.1. The van der Waals surface area contributed by atoms with Crippen LogP contribution in [-0.2, 0) is 30.4 Å². The zero-order valence-electron chi connectivity index (χ0n) is 20.9. The molecule has 4 rings (SSSR count). The van der Waals surface area contributed by atoms with E-state index in [0.717, 1.165) is 32.7 Å². The number of morpholine rings is 2. The summed E-state index contributed by atoms with van der Waals surface area (Å²) in [5.74, 6) is -1.61. The van der Waals surface area contributed by atoms with Gasteiger partial charge in [-0.2, -0.15) is 0 Å². The van der Waals surface area contributed by atoms with Gasteiger partial charge in [-0.3, -0.25) is 24.2 Å². The van der Waals surface area contributed by atoms with Gasteiger partial charge >= 0.3 is 0 Å². The van der Waals surface area contributed by atoms with Gasteiger partial charge in [0.15, 0.2) is 5.76 Å². The topological polar surface area (TPSA) is 95.0 Å². The molecule has 1 aromatic rings. The number of ether oxygens (including phenoxy) is 2. The zero-order valence-corrected chi connectivity index (χ0v) is 22.4. The van der Waals surface area contributed by atoms with Crippen LogP contribution >= 0.6 is 23.2 Å². The summed E-state index contributed by atoms with van der Waals surface area (Å²) in [6.07, 6.45) is 0.709. The Hall–Kier alpha value is -1.92. The van der Waals surface area contributed by atoms with Gasteiger partial charge in [0.1, 0.15) is 0 Å². The second-order valence-corrected chi connectivity index (χ2v) is 10.1. The van der Waals surface area contributed by atoms with Gasteiger partial charge in [0.05, 0.1) is 61.7 Å². The van der Waals surface area contributed by atoms with Crippen molar-refractivity contribution in [2.45, 2.75) is 13.0 Å². The highest BCUT2D eigenvalue weighted by Crippen LogP contribution is 2.25. The molecule has 0 unspecified atom stereocenters. The van der Waals surface area contributed by atoms with Crippen LogP contribution in [0, 0.1) is 0 Å². The van der Waals surface area contributed by atoms with Crippen molar-refractivity contribution in [1.82, 2.24) is 19.8 Å². The number of hydroxylamine groups is 2. The van der Waals surface area contributed by atoms with E-state index in [1.807, 2.05) is 0 Å². The van der Waals surface area contributed by atoms with Crippen molar-refractivity contribution in [1.29, 1.82) is 0 Å². The van der Waals surface area contributed by atoms with Gasteiger partial charge in [0.25, 0.3) is 11.8 Å². The quantitative estimate of drug-likeness (QED) is 0.326. The number of hydrogen-bond acceptors (Lipinski definition) is 8. The molecular formula is C25H34Cl2N4O6. The molecule has 0 aliphatic carbocycles. The second-order valence-electron chi connectivity index (χ2n) is 9.24. The highest BCUT2D eigenvalue weighted by Gasteiger charge is 2.36. The number of rotatable bonds is 11. The van der Waals surface area contributed by atoms with E-state index in [0.29, 0.717) is 68.2 Å². The minimum atomic E-state index is -0.544. The molecular weight excluding hydrogens is 523 g/mol. The van der Waals surface area contributed by atoms with Gasteiger partial charge in [-0.1, -0.05) is 29.3 Å². The number of nitrogens with zero attached hydrogens (tertiary/aromatic N) is 4. The Kier molecular flexibility index (Phi) is 10.4. The lowest BCUT2D eigenvalue weighted by Crippen LogP contribution is -2.42. The maximum atomic E-state index is 13.5. The van der Waals surface area contributed by atoms with E-state index in [2.05, 4.69) is 9.80 Å². The summed E-state index contributed by atoms with van der Waals surface area (Å²) in [5.41, 5.74) is 0.740. The Labute approximate surface area is 227 Å². The number of benzene rings is 1. The van der Waals surface area contributed by atoms with E-state index >= 15 is 0 Å². The summed E-state index contributed by atoms with van der Waals surface area (Å²) in [6.45, 7) is 8.37. The highest BCUT2D eigenvalue weighted by atomic mass is 35.5. The molecule has 2 fully saturated rings. The molecule has 37 heavy (non-hydrogen) atoms. The second kappa shape index (κ2) is 13.7. The molecule has 2 saturated heterocycles. The first-order valence-corrected chi connectivity index (χ1v) is 13.4. The van der Waals surface area contributed by atoms with Crippen LogP contribution in [0.1, 0.15) is 12.0 Å². The molecule has 0 radical (unpaired) electrons. The summed E-state index contributed by atoms with van der Waals surface area (Å²) in [5, 5.41) is 12.5. The third kappa shape index (κ3) is 7.79. The summed E-state index contributed by atoms with van der Waals surface area (Å²) < 4.78 is 10.7. The predicted octanol–water partition coefficient (Wildman–Crippen LogP) is 1.96. The molecule has 3 heterocycles. The monoisotopic (exact) mass is 556 g/mol. The third-order valence-corrected chi connectivity index (χ3v) is 7.42. The molecule has 3 aliphatic rings. The van der Waals surface area contributed by atoms with Crippen LogP contribution in [0.2, 0.25) is 10.0 Å². The number of carbonyl (C=O) groups excluding carboxylic acids is 2. The molecule has 2 amide bonds. The lowest BCUT2D eigenvalue weighted by atomic mass is 10.2. The molecule has 10 nitrogen and oxygen atoms in total. The lowest BCUT2D eigenvalue weighted by Gasteiger charge is -2.28. The fraction of sp³-hybridized carbons (Fsp3) is 0.600. The van der Waals surface area contributed by atoms with Crippen molar-refractivity contribution in [2.24, 2.45) is 0 Å². The Balaban J connectivity index is 1.38. The summed E-state index contributed by atoms with van der Waals surface area (Å²) in [7, 11) is 0. The van der Waals surface area contributed by atoms with Gasteiger partial charge in [0, 0.05) is 45.8 Å². The van der Waals surface area contributed by atoms with E-state index in [-0.39, 0.29) is 18.7 Å². The van der Waals surface area contributed by atoms with Gasteiger partial charge in [-0.15, -0.1) is 0 Å². The van der Waals surface area contributed by atoms with Crippen LogP contribution < -0.4 is 0 Å². The van der Waals surface area contributed by atoms with Crippen molar-refractivity contribution in [3.05, 3.63) is 45.1 Å². The molecule has 0 spiro atoms. The van der Waals surface area contributed by atoms with Crippen molar-refractivity contribution in [2.75, 3.05) is 85.4 Å². The molecule has 3 aliphatic heterocycles. The Morgan fingerprint density at radius 1 is 0.973 bits per heavy atom. The van der Waals surface area contributed by atoms with Crippen LogP contribution in [0.15, 0.2) is 29.5 Å². The predicted molar refractivity (Wildman–Crippen MR) is 138 cm³/mol. The maximum absolute atomic E-state index is 13.5. The van der Waals surface area contributed by atoms with Crippen LogP contribution in [0.4, 0.5) is 0 Å². The van der Waals surface area contributed by atoms with Gasteiger partial charge in [-0.25, -0.2) is 5.06 Å². The Morgan fingerprint density at radius 2 is 1.62 bits per heavy atom. The standard InChI is InChI=1S/C25H34Cl2N4O6/c26-21-3-2-19(16-22(21)27)17-31(37-11-1-4-28-7-12-35-13-8-28)24(33)20-18-30(25(34)23(20)32)6-5-29-9-14-36-15-10-29/h2-3,16,32H,1,4-15,17-18H2. The fourth-order valence-corrected chi connectivity index (χ4v) is 4.79. The van der Waals surface area contributed by atoms with E-state index in [4.69, 9.17) is 37.5 Å². The SMILES string of the molecule is O=C1C(O)=C(C(=O)N(Cc2ccc(Cl)c(Cl)c2)OCCCN2CCOCC2)CN1CCN1CCOCC1. The van der Waals surface area contributed by atoms with Crippen molar-refractivity contribution < 1.29 is 29.0 Å². The van der Waals surface area contributed by atoms with E-state index < -0.39 is 17.6 Å². The van der Waals surface area contributed by atoms with E-state index in [1.165, 1.54) is 9.96 Å². The highest BCUT2D eigenvalue weighted by molar-refractivity contribution is 6.42. The summed E-state index contributed by atoms with van der Waals surface area (Å²) >= 11 is 12.2. The number of aliphatic hydroxyl groups is 1. The minimum absolute atomic E-state index is 0.0280. The first kappa shape index (κ1) is 28.1. The molecule has 0 aromatic heterocycles. The molecule has 12 heteroatoms. The largest absolute Gasteiger partial charge is 0.503 e. The molecule has 1 aromatic carbocycles. The third-order valence-electron chi connectivity index (χ3n) is 6.68. The van der Waals surface area contributed by atoms with Crippen molar-refractivity contribution in [3.8, 4) is 0 Å². The lowest BCUT2D eigenvalue weighted by molar-refractivity contribution is -0.187. The molecule has 204 valence electrons. The zero-order chi connectivity index (χ0) is 26.2. The van der Waals surface area contributed by atoms with Gasteiger partial charge < -0.3 is 19.5 Å². The van der Waals surface area contributed by atoms with Crippen LogP contribution in [-0.4, -0.2) is 122 Å². The average Bonchev–Trinajstić information content (AvgIpc) is 3.20. The Bertz CT molecular complexity index is 982. The fourth-order valence-electron chi connectivity index (χ4n) is 4.47. The average molecular weight is 557 g/mol. The van der Waals surface area contributed by atoms with E-state index in [1.54, 1.807) is 18.2 Å². The summed E-state index contributed by atoms with van der Waals surface area (Å²) in [6, 6.07) is 5.09. The number of amides is 2. The molecule has 1 N–H and O–H groups in total. The molecule has 0 atom stereocenters. The van der Waals surface area contributed by atoms with Crippen molar-refractivity contribution >= 4 is 35.0 Å². The van der Waals surface area contributed by atoms with Crippen LogP contribution in [0.25, 0.3) is 0 Å². The smallest absolute Gasteiger partial charge is 0.289 e. The van der Waals surface area contributed by atoms with Crippen molar-refractivity contribution in [3.63, 3.8) is 0 Å². The first-order valence-electron chi connectivity index (χ1n) is 12.6. The van der Waals surface area contributed by atoms with Crippen LogP contribution in [0.3, 0.4) is 0 Å². The molecule has 0 bridgehead atoms. The number of halogens is 2. The van der Waals surface area contributed by atoms with E-state index in [9.17, 15) is 14.7 Å². The normalized spacial score (nSPS) is 19.6. The van der Waals surface area contributed by atoms with Gasteiger partial charge in [-0.05, 0) is 24.1 Å².